The van der Waals surface area contributed by atoms with Gasteiger partial charge in [0.1, 0.15) is 12.7 Å². The molecule has 0 aromatic heterocycles. The van der Waals surface area contributed by atoms with Gasteiger partial charge in [-0.25, -0.2) is 4.79 Å². The third kappa shape index (κ3) is 4.27. The molecule has 0 aromatic rings. The predicted octanol–water partition coefficient (Wildman–Crippen LogP) is 3.61. The van der Waals surface area contributed by atoms with E-state index in [1.165, 1.54) is 19.3 Å². The Labute approximate surface area is 156 Å². The molecule has 4 nitrogen and oxygen atoms in total. The van der Waals surface area contributed by atoms with Crippen molar-refractivity contribution in [3.05, 3.63) is 23.8 Å². The molecule has 4 atom stereocenters. The van der Waals surface area contributed by atoms with Gasteiger partial charge in [-0.05, 0) is 44.6 Å². The van der Waals surface area contributed by atoms with Crippen molar-refractivity contribution in [2.45, 2.75) is 64.1 Å². The third-order valence-corrected chi connectivity index (χ3v) is 5.99. The second-order valence-corrected chi connectivity index (χ2v) is 7.71. The topological polar surface area (TPSA) is 52.6 Å². The van der Waals surface area contributed by atoms with Crippen molar-refractivity contribution in [2.24, 2.45) is 17.8 Å². The predicted molar refractivity (Wildman–Crippen MR) is 99.1 cm³/mol. The maximum Gasteiger partial charge on any atom is 0.331 e. The Hall–Kier alpha value is -1.86. The van der Waals surface area contributed by atoms with E-state index in [0.717, 1.165) is 31.3 Å². The van der Waals surface area contributed by atoms with Gasteiger partial charge in [0.05, 0.1) is 12.0 Å². The summed E-state index contributed by atoms with van der Waals surface area (Å²) in [6.45, 7) is 2.11. The van der Waals surface area contributed by atoms with Crippen molar-refractivity contribution < 1.29 is 19.1 Å². The highest BCUT2D eigenvalue weighted by molar-refractivity contribution is 5.93. The minimum absolute atomic E-state index is 0.00482. The lowest BCUT2D eigenvalue weighted by Gasteiger charge is -2.43. The smallest absolute Gasteiger partial charge is 0.331 e. The fourth-order valence-electron chi connectivity index (χ4n) is 4.61. The maximum absolute atomic E-state index is 13.1. The molecule has 1 aliphatic heterocycles. The monoisotopic (exact) mass is 356 g/mol. The van der Waals surface area contributed by atoms with Crippen LogP contribution < -0.4 is 0 Å². The van der Waals surface area contributed by atoms with Gasteiger partial charge in [-0.3, -0.25) is 4.79 Å². The Balaban J connectivity index is 1.78. The second kappa shape index (κ2) is 8.68. The van der Waals surface area contributed by atoms with Crippen LogP contribution in [0.5, 0.6) is 0 Å². The Bertz CT molecular complexity index is 633. The molecule has 0 radical (unpaired) electrons. The minimum Gasteiger partial charge on any atom is -0.458 e. The normalized spacial score (nSPS) is 32.5. The Morgan fingerprint density at radius 3 is 2.81 bits per heavy atom. The van der Waals surface area contributed by atoms with Crippen LogP contribution in [0.3, 0.4) is 0 Å². The van der Waals surface area contributed by atoms with Crippen LogP contribution in [0.2, 0.25) is 0 Å². The van der Waals surface area contributed by atoms with Crippen LogP contribution in [0, 0.1) is 30.1 Å². The zero-order valence-corrected chi connectivity index (χ0v) is 15.5. The van der Waals surface area contributed by atoms with Crippen molar-refractivity contribution in [1.82, 2.24) is 0 Å². The number of ether oxygens (including phenoxy) is 2. The van der Waals surface area contributed by atoms with E-state index < -0.39 is 12.0 Å². The van der Waals surface area contributed by atoms with E-state index in [-0.39, 0.29) is 30.4 Å². The molecule has 0 saturated heterocycles. The van der Waals surface area contributed by atoms with Gasteiger partial charge in [0.15, 0.2) is 5.78 Å². The van der Waals surface area contributed by atoms with Crippen LogP contribution in [0.1, 0.15) is 51.9 Å². The number of hydrogen-bond acceptors (Lipinski definition) is 4. The number of terminal acetylenes is 1. The number of carbonyl (C=O) groups excluding carboxylic acids is 2. The highest BCUT2D eigenvalue weighted by atomic mass is 16.5. The van der Waals surface area contributed by atoms with Crippen LogP contribution in [0.15, 0.2) is 23.8 Å². The fourth-order valence-corrected chi connectivity index (χ4v) is 4.61. The van der Waals surface area contributed by atoms with E-state index in [2.05, 4.69) is 12.0 Å². The van der Waals surface area contributed by atoms with Gasteiger partial charge < -0.3 is 9.47 Å². The summed E-state index contributed by atoms with van der Waals surface area (Å²) in [7, 11) is 0. The highest BCUT2D eigenvalue weighted by Crippen LogP contribution is 2.40. The zero-order chi connectivity index (χ0) is 18.5. The van der Waals surface area contributed by atoms with E-state index in [1.54, 1.807) is 12.2 Å². The molecule has 0 aromatic carbocycles. The number of fused-ring (bicyclic) bond motifs is 1. The first-order valence-corrected chi connectivity index (χ1v) is 9.76. The molecule has 3 aliphatic rings. The number of rotatable bonds is 5. The molecule has 0 amide bonds. The molecule has 4 heteroatoms. The molecule has 2 fully saturated rings. The van der Waals surface area contributed by atoms with E-state index in [0.29, 0.717) is 5.92 Å². The molecular formula is C22H28O4. The summed E-state index contributed by atoms with van der Waals surface area (Å²) in [4.78, 5) is 25.0. The zero-order valence-electron chi connectivity index (χ0n) is 15.5. The van der Waals surface area contributed by atoms with E-state index >= 15 is 0 Å². The summed E-state index contributed by atoms with van der Waals surface area (Å²) < 4.78 is 11.4. The van der Waals surface area contributed by atoms with Gasteiger partial charge in [-0.15, -0.1) is 6.42 Å². The number of ketones is 1. The van der Waals surface area contributed by atoms with Crippen molar-refractivity contribution in [1.29, 1.82) is 0 Å². The number of carbonyl (C=O) groups is 2. The van der Waals surface area contributed by atoms with Crippen LogP contribution in [0.25, 0.3) is 0 Å². The molecule has 3 rings (SSSR count). The number of esters is 1. The van der Waals surface area contributed by atoms with Crippen LogP contribution in [0.4, 0.5) is 0 Å². The van der Waals surface area contributed by atoms with Crippen molar-refractivity contribution >= 4 is 11.8 Å². The molecule has 0 bridgehead atoms. The van der Waals surface area contributed by atoms with Crippen molar-refractivity contribution in [2.75, 3.05) is 6.61 Å². The quantitative estimate of drug-likeness (QED) is 0.429. The molecule has 140 valence electrons. The van der Waals surface area contributed by atoms with Gasteiger partial charge in [-0.1, -0.05) is 36.8 Å². The lowest BCUT2D eigenvalue weighted by atomic mass is 9.71. The summed E-state index contributed by atoms with van der Waals surface area (Å²) in [6.07, 6.45) is 17.5. The summed E-state index contributed by atoms with van der Waals surface area (Å²) in [5.41, 5.74) is 0.996. The van der Waals surface area contributed by atoms with Crippen molar-refractivity contribution in [3.63, 3.8) is 0 Å². The van der Waals surface area contributed by atoms with Crippen LogP contribution in [-0.4, -0.2) is 30.6 Å². The third-order valence-electron chi connectivity index (χ3n) is 5.99. The Kier molecular flexibility index (Phi) is 6.32. The lowest BCUT2D eigenvalue weighted by Crippen LogP contribution is -2.50. The van der Waals surface area contributed by atoms with Crippen LogP contribution >= 0.6 is 0 Å². The van der Waals surface area contributed by atoms with E-state index in [4.69, 9.17) is 15.9 Å². The molecule has 26 heavy (non-hydrogen) atoms. The fraction of sp³-hybridized carbons (Fsp3) is 0.636. The molecule has 2 saturated carbocycles. The standard InChI is InChI=1S/C22H28O4/c1-3-13-25-19-12-10-17-15(2)14-20(24)26-22(17)21(19)18(23)11-9-16-7-5-4-6-8-16/h1,9,11,14,16-17,19,21-22H,4-8,10,12-13H2,2H3/b11-9+. The second-order valence-electron chi connectivity index (χ2n) is 7.71. The summed E-state index contributed by atoms with van der Waals surface area (Å²) in [5.74, 6) is 2.20. The average molecular weight is 356 g/mol. The van der Waals surface area contributed by atoms with Gasteiger partial charge in [0.2, 0.25) is 0 Å². The van der Waals surface area contributed by atoms with Gasteiger partial charge in [0, 0.05) is 12.0 Å². The molecule has 0 spiro atoms. The molecule has 0 N–H and O–H groups in total. The summed E-state index contributed by atoms with van der Waals surface area (Å²) in [5, 5.41) is 0. The Morgan fingerprint density at radius 1 is 1.31 bits per heavy atom. The number of allylic oxidation sites excluding steroid dienone is 2. The molecule has 4 unspecified atom stereocenters. The van der Waals surface area contributed by atoms with Crippen LogP contribution in [-0.2, 0) is 19.1 Å². The maximum atomic E-state index is 13.1. The first-order chi connectivity index (χ1) is 12.6. The molecular weight excluding hydrogens is 328 g/mol. The first-order valence-electron chi connectivity index (χ1n) is 9.76. The first kappa shape index (κ1) is 18.9. The SMILES string of the molecule is C#CCOC1CCC2C(C)=CC(=O)OC2C1C(=O)/C=C/C1CCCCC1. The van der Waals surface area contributed by atoms with Crippen molar-refractivity contribution in [3.8, 4) is 12.3 Å². The summed E-state index contributed by atoms with van der Waals surface area (Å²) >= 11 is 0. The molecule has 2 aliphatic carbocycles. The molecule has 1 heterocycles. The van der Waals surface area contributed by atoms with Gasteiger partial charge in [-0.2, -0.15) is 0 Å². The Morgan fingerprint density at radius 2 is 2.08 bits per heavy atom. The van der Waals surface area contributed by atoms with E-state index in [1.807, 2.05) is 6.92 Å². The average Bonchev–Trinajstić information content (AvgIpc) is 2.64. The van der Waals surface area contributed by atoms with Gasteiger partial charge in [0.25, 0.3) is 0 Å². The largest absolute Gasteiger partial charge is 0.458 e. The van der Waals surface area contributed by atoms with Gasteiger partial charge >= 0.3 is 5.97 Å². The van der Waals surface area contributed by atoms with E-state index in [9.17, 15) is 9.59 Å². The lowest BCUT2D eigenvalue weighted by molar-refractivity contribution is -0.163. The number of hydrogen-bond donors (Lipinski definition) is 0. The minimum atomic E-state index is -0.477. The summed E-state index contributed by atoms with van der Waals surface area (Å²) in [6, 6.07) is 0. The highest BCUT2D eigenvalue weighted by Gasteiger charge is 2.47.